The van der Waals surface area contributed by atoms with Crippen LogP contribution in [0.5, 0.6) is 0 Å². The van der Waals surface area contributed by atoms with E-state index in [-0.39, 0.29) is 18.4 Å². The summed E-state index contributed by atoms with van der Waals surface area (Å²) in [5.41, 5.74) is -0.0116. The van der Waals surface area contributed by atoms with Gasteiger partial charge in [-0.3, -0.25) is 4.79 Å². The number of carbonyl (C=O) groups is 2. The van der Waals surface area contributed by atoms with Crippen molar-refractivity contribution in [3.05, 3.63) is 24.0 Å². The molecule has 1 saturated heterocycles. The first-order valence-corrected chi connectivity index (χ1v) is 7.73. The molecule has 128 valence electrons. The first-order chi connectivity index (χ1) is 10.7. The monoisotopic (exact) mass is 323 g/mol. The zero-order valence-electron chi connectivity index (χ0n) is 14.1. The lowest BCUT2D eigenvalue weighted by Gasteiger charge is -2.24. The van der Waals surface area contributed by atoms with E-state index in [9.17, 15) is 14.7 Å². The summed E-state index contributed by atoms with van der Waals surface area (Å²) in [7, 11) is 1.80. The molecule has 1 aliphatic rings. The van der Waals surface area contributed by atoms with Crippen LogP contribution < -0.4 is 5.32 Å². The molecule has 0 radical (unpaired) electrons. The molecule has 2 heterocycles. The number of β-amino-alcohol motifs (C(OH)–C–C–N with tert-alkyl or cyclic N) is 1. The van der Waals surface area contributed by atoms with Crippen LogP contribution >= 0.6 is 0 Å². The molecule has 2 rings (SSSR count). The zero-order valence-corrected chi connectivity index (χ0v) is 14.1. The normalized spacial score (nSPS) is 21.3. The number of aromatic nitrogens is 1. The van der Waals surface area contributed by atoms with Crippen molar-refractivity contribution in [3.63, 3.8) is 0 Å². The van der Waals surface area contributed by atoms with E-state index in [0.717, 1.165) is 0 Å². The number of likely N-dealkylation sites (tertiary alicyclic amines) is 1. The maximum absolute atomic E-state index is 12.1. The van der Waals surface area contributed by atoms with Crippen LogP contribution in [0.25, 0.3) is 0 Å². The van der Waals surface area contributed by atoms with Crippen LogP contribution in [-0.2, 0) is 11.8 Å². The maximum atomic E-state index is 12.1. The number of rotatable bonds is 3. The zero-order chi connectivity index (χ0) is 17.2. The Bertz CT molecular complexity index is 576. The summed E-state index contributed by atoms with van der Waals surface area (Å²) in [6.07, 6.45) is 0.688. The number of nitrogens with zero attached hydrogens (tertiary/aromatic N) is 2. The van der Waals surface area contributed by atoms with Crippen molar-refractivity contribution in [1.29, 1.82) is 0 Å². The minimum absolute atomic E-state index is 0.194. The number of amides is 2. The quantitative estimate of drug-likeness (QED) is 0.868. The van der Waals surface area contributed by atoms with Crippen LogP contribution in [0.2, 0.25) is 0 Å². The molecule has 0 bridgehead atoms. The van der Waals surface area contributed by atoms with E-state index in [0.29, 0.717) is 18.8 Å². The summed E-state index contributed by atoms with van der Waals surface area (Å²) in [6, 6.07) is 3.52. The van der Waals surface area contributed by atoms with E-state index >= 15 is 0 Å². The van der Waals surface area contributed by atoms with E-state index in [1.807, 2.05) is 0 Å². The number of carbonyl (C=O) groups excluding carboxylic acids is 2. The van der Waals surface area contributed by atoms with Gasteiger partial charge in [0.1, 0.15) is 11.3 Å². The van der Waals surface area contributed by atoms with Crippen molar-refractivity contribution in [2.75, 3.05) is 19.6 Å². The second kappa shape index (κ2) is 6.62. The van der Waals surface area contributed by atoms with E-state index in [1.54, 1.807) is 50.7 Å². The van der Waals surface area contributed by atoms with Gasteiger partial charge in [-0.25, -0.2) is 4.79 Å². The van der Waals surface area contributed by atoms with Crippen LogP contribution in [0, 0.1) is 5.92 Å². The molecule has 0 aromatic carbocycles. The Balaban J connectivity index is 1.86. The summed E-state index contributed by atoms with van der Waals surface area (Å²) >= 11 is 0. The molecule has 2 amide bonds. The van der Waals surface area contributed by atoms with Crippen molar-refractivity contribution in [2.24, 2.45) is 13.0 Å². The van der Waals surface area contributed by atoms with Crippen molar-refractivity contribution >= 4 is 12.0 Å². The highest BCUT2D eigenvalue weighted by Crippen LogP contribution is 2.19. The lowest BCUT2D eigenvalue weighted by molar-refractivity contribution is 0.0269. The van der Waals surface area contributed by atoms with Gasteiger partial charge < -0.3 is 24.6 Å². The third-order valence-electron chi connectivity index (χ3n) is 3.76. The second-order valence-electron chi connectivity index (χ2n) is 6.93. The Morgan fingerprint density at radius 2 is 2.09 bits per heavy atom. The highest BCUT2D eigenvalue weighted by atomic mass is 16.6. The van der Waals surface area contributed by atoms with Crippen LogP contribution in [0.15, 0.2) is 18.3 Å². The van der Waals surface area contributed by atoms with E-state index in [1.165, 1.54) is 4.90 Å². The number of aliphatic hydroxyl groups excluding tert-OH is 1. The fourth-order valence-corrected chi connectivity index (χ4v) is 2.54. The Labute approximate surface area is 136 Å². The summed E-state index contributed by atoms with van der Waals surface area (Å²) in [5.74, 6) is -0.396. The molecular formula is C16H25N3O4. The molecule has 0 saturated carbocycles. The average Bonchev–Trinajstić information content (AvgIpc) is 3.00. The molecule has 0 aliphatic carbocycles. The summed E-state index contributed by atoms with van der Waals surface area (Å²) in [4.78, 5) is 25.6. The van der Waals surface area contributed by atoms with Crippen molar-refractivity contribution in [2.45, 2.75) is 32.5 Å². The molecule has 0 unspecified atom stereocenters. The molecule has 0 spiro atoms. The number of aryl methyl sites for hydroxylation is 1. The lowest BCUT2D eigenvalue weighted by atomic mass is 10.1. The second-order valence-corrected chi connectivity index (χ2v) is 6.93. The fourth-order valence-electron chi connectivity index (χ4n) is 2.54. The summed E-state index contributed by atoms with van der Waals surface area (Å²) in [6.45, 7) is 6.30. The number of nitrogens with one attached hydrogen (secondary N) is 1. The Morgan fingerprint density at radius 1 is 1.39 bits per heavy atom. The van der Waals surface area contributed by atoms with Gasteiger partial charge in [-0.2, -0.15) is 0 Å². The molecule has 7 heteroatoms. The van der Waals surface area contributed by atoms with Gasteiger partial charge in [0, 0.05) is 32.3 Å². The predicted molar refractivity (Wildman–Crippen MR) is 85.1 cm³/mol. The Hall–Kier alpha value is -2.02. The van der Waals surface area contributed by atoms with Crippen LogP contribution in [0.4, 0.5) is 4.79 Å². The molecule has 1 aromatic heterocycles. The lowest BCUT2D eigenvalue weighted by Crippen LogP contribution is -2.37. The minimum atomic E-state index is -0.670. The molecule has 23 heavy (non-hydrogen) atoms. The van der Waals surface area contributed by atoms with Gasteiger partial charge in [-0.05, 0) is 32.9 Å². The highest BCUT2D eigenvalue weighted by molar-refractivity contribution is 5.92. The number of hydrogen-bond donors (Lipinski definition) is 2. The first-order valence-electron chi connectivity index (χ1n) is 7.73. The summed E-state index contributed by atoms with van der Waals surface area (Å²) in [5, 5.41) is 12.9. The molecule has 1 aliphatic heterocycles. The highest BCUT2D eigenvalue weighted by Gasteiger charge is 2.36. The Morgan fingerprint density at radius 3 is 2.65 bits per heavy atom. The van der Waals surface area contributed by atoms with E-state index in [4.69, 9.17) is 4.74 Å². The number of aliphatic hydroxyl groups is 1. The third kappa shape index (κ3) is 4.48. The largest absolute Gasteiger partial charge is 0.444 e. The van der Waals surface area contributed by atoms with Gasteiger partial charge in [-0.15, -0.1) is 0 Å². The topological polar surface area (TPSA) is 83.8 Å². The summed E-state index contributed by atoms with van der Waals surface area (Å²) < 4.78 is 7.03. The Kier molecular flexibility index (Phi) is 4.99. The fraction of sp³-hybridized carbons (Fsp3) is 0.625. The SMILES string of the molecule is Cn1cccc1C(=O)NC[C@H]1CN(C(=O)OC(C)(C)C)C[C@H]1O. The molecular weight excluding hydrogens is 298 g/mol. The van der Waals surface area contributed by atoms with Crippen molar-refractivity contribution in [1.82, 2.24) is 14.8 Å². The van der Waals surface area contributed by atoms with Gasteiger partial charge in [0.05, 0.1) is 12.6 Å². The number of ether oxygens (including phenoxy) is 1. The average molecular weight is 323 g/mol. The van der Waals surface area contributed by atoms with Crippen LogP contribution in [0.3, 0.4) is 0 Å². The number of hydrogen-bond acceptors (Lipinski definition) is 4. The van der Waals surface area contributed by atoms with Gasteiger partial charge in [0.25, 0.3) is 5.91 Å². The van der Waals surface area contributed by atoms with Gasteiger partial charge in [-0.1, -0.05) is 0 Å². The minimum Gasteiger partial charge on any atom is -0.444 e. The molecule has 2 N–H and O–H groups in total. The molecule has 7 nitrogen and oxygen atoms in total. The van der Waals surface area contributed by atoms with Crippen LogP contribution in [0.1, 0.15) is 31.3 Å². The third-order valence-corrected chi connectivity index (χ3v) is 3.76. The predicted octanol–water partition coefficient (Wildman–Crippen LogP) is 0.983. The van der Waals surface area contributed by atoms with Crippen molar-refractivity contribution < 1.29 is 19.4 Å². The molecule has 1 aromatic rings. The van der Waals surface area contributed by atoms with Gasteiger partial charge >= 0.3 is 6.09 Å². The van der Waals surface area contributed by atoms with E-state index in [2.05, 4.69) is 5.32 Å². The maximum Gasteiger partial charge on any atom is 0.410 e. The standard InChI is InChI=1S/C16H25N3O4/c1-16(2,3)23-15(22)19-9-11(13(20)10-19)8-17-14(21)12-6-5-7-18(12)4/h5-7,11,13,20H,8-10H2,1-4H3,(H,17,21)/t11-,13+/m0/s1. The van der Waals surface area contributed by atoms with E-state index < -0.39 is 17.8 Å². The van der Waals surface area contributed by atoms with Crippen LogP contribution in [-0.4, -0.2) is 57.9 Å². The molecule has 2 atom stereocenters. The van der Waals surface area contributed by atoms with Gasteiger partial charge in [0.15, 0.2) is 0 Å². The van der Waals surface area contributed by atoms with Gasteiger partial charge in [0.2, 0.25) is 0 Å². The first kappa shape index (κ1) is 17.3. The molecule has 1 fully saturated rings. The van der Waals surface area contributed by atoms with Crippen molar-refractivity contribution in [3.8, 4) is 0 Å². The smallest absolute Gasteiger partial charge is 0.410 e.